The molecule has 0 bridgehead atoms. The molecule has 43 heavy (non-hydrogen) atoms. The van der Waals surface area contributed by atoms with Crippen LogP contribution in [0, 0.1) is 0 Å². The van der Waals surface area contributed by atoms with E-state index in [0.717, 1.165) is 30.7 Å². The van der Waals surface area contributed by atoms with E-state index in [2.05, 4.69) is 27.8 Å². The van der Waals surface area contributed by atoms with Gasteiger partial charge in [0.05, 0.1) is 43.0 Å². The number of hydrogen-bond acceptors (Lipinski definition) is 7. The standard InChI is InChI=1S/C30H30F3N5O4S/c1-3-4-17-42-21-15-13-20(14-16-21)28(40)34-18-26-36-37-29(38(26)24-11-7-8-12-25(24)41-2)43-19-27(39)35-23-10-6-5-9-22(23)30(31,32)33/h5-16H,3-4,17-19H2,1-2H3,(H,34,40)(H,35,39). The maximum Gasteiger partial charge on any atom is 0.418 e. The predicted molar refractivity (Wildman–Crippen MR) is 157 cm³/mol. The Labute approximate surface area is 250 Å². The second kappa shape index (κ2) is 14.6. The van der Waals surface area contributed by atoms with Crippen molar-refractivity contribution in [2.45, 2.75) is 37.6 Å². The second-order valence-electron chi connectivity index (χ2n) is 9.20. The first kappa shape index (κ1) is 31.4. The molecule has 0 aliphatic rings. The van der Waals surface area contributed by atoms with Crippen molar-refractivity contribution in [2.24, 2.45) is 0 Å². The highest BCUT2D eigenvalue weighted by Gasteiger charge is 2.33. The highest BCUT2D eigenvalue weighted by molar-refractivity contribution is 7.99. The zero-order valence-corrected chi connectivity index (χ0v) is 24.3. The van der Waals surface area contributed by atoms with E-state index >= 15 is 0 Å². The summed E-state index contributed by atoms with van der Waals surface area (Å²) < 4.78 is 52.8. The average Bonchev–Trinajstić information content (AvgIpc) is 3.41. The first-order valence-electron chi connectivity index (χ1n) is 13.4. The Morgan fingerprint density at radius 3 is 2.42 bits per heavy atom. The SMILES string of the molecule is CCCCOc1ccc(C(=O)NCc2nnc(SCC(=O)Nc3ccccc3C(F)(F)F)n2-c2ccccc2OC)cc1. The second-order valence-corrected chi connectivity index (χ2v) is 10.1. The number of nitrogens with zero attached hydrogens (tertiary/aromatic N) is 3. The number of nitrogens with one attached hydrogen (secondary N) is 2. The zero-order chi connectivity index (χ0) is 30.8. The van der Waals surface area contributed by atoms with Crippen LogP contribution in [0.1, 0.15) is 41.5 Å². The summed E-state index contributed by atoms with van der Waals surface area (Å²) in [7, 11) is 1.50. The van der Waals surface area contributed by atoms with E-state index in [1.165, 1.54) is 25.3 Å². The van der Waals surface area contributed by atoms with E-state index in [9.17, 15) is 22.8 Å². The lowest BCUT2D eigenvalue weighted by molar-refractivity contribution is -0.137. The number of amides is 2. The van der Waals surface area contributed by atoms with E-state index in [1.54, 1.807) is 53.1 Å². The van der Waals surface area contributed by atoms with Gasteiger partial charge in [-0.3, -0.25) is 14.2 Å². The molecule has 1 heterocycles. The van der Waals surface area contributed by atoms with Gasteiger partial charge < -0.3 is 20.1 Å². The van der Waals surface area contributed by atoms with E-state index in [-0.39, 0.29) is 29.0 Å². The minimum atomic E-state index is -4.62. The number of carbonyl (C=O) groups excluding carboxylic acids is 2. The molecule has 3 aromatic carbocycles. The van der Waals surface area contributed by atoms with Crippen LogP contribution in [0.4, 0.5) is 18.9 Å². The van der Waals surface area contributed by atoms with Crippen molar-refractivity contribution in [1.82, 2.24) is 20.1 Å². The van der Waals surface area contributed by atoms with Crippen LogP contribution in [0.15, 0.2) is 78.0 Å². The molecule has 0 atom stereocenters. The number of anilines is 1. The van der Waals surface area contributed by atoms with Crippen LogP contribution in [0.5, 0.6) is 11.5 Å². The first-order chi connectivity index (χ1) is 20.7. The number of alkyl halides is 3. The minimum absolute atomic E-state index is 0.00958. The van der Waals surface area contributed by atoms with Crippen LogP contribution in [-0.4, -0.2) is 46.0 Å². The van der Waals surface area contributed by atoms with Crippen molar-refractivity contribution in [3.8, 4) is 17.2 Å². The molecule has 1 aromatic heterocycles. The van der Waals surface area contributed by atoms with Crippen LogP contribution in [0.3, 0.4) is 0 Å². The summed E-state index contributed by atoms with van der Waals surface area (Å²) in [5, 5.41) is 13.8. The molecule has 0 unspecified atom stereocenters. The lowest BCUT2D eigenvalue weighted by Crippen LogP contribution is -2.24. The van der Waals surface area contributed by atoms with Crippen molar-refractivity contribution < 1.29 is 32.2 Å². The maximum absolute atomic E-state index is 13.4. The molecule has 0 radical (unpaired) electrons. The van der Waals surface area contributed by atoms with Gasteiger partial charge in [0.1, 0.15) is 11.5 Å². The molecule has 226 valence electrons. The third-order valence-electron chi connectivity index (χ3n) is 6.16. The zero-order valence-electron chi connectivity index (χ0n) is 23.5. The van der Waals surface area contributed by atoms with E-state index in [4.69, 9.17) is 9.47 Å². The van der Waals surface area contributed by atoms with E-state index in [0.29, 0.717) is 35.2 Å². The number of halogens is 3. The fourth-order valence-corrected chi connectivity index (χ4v) is 4.78. The summed E-state index contributed by atoms with van der Waals surface area (Å²) in [5.74, 6) is 0.258. The molecule has 0 fully saturated rings. The van der Waals surface area contributed by atoms with Gasteiger partial charge >= 0.3 is 6.18 Å². The summed E-state index contributed by atoms with van der Waals surface area (Å²) in [6.45, 7) is 2.67. The van der Waals surface area contributed by atoms with Gasteiger partial charge in [0.25, 0.3) is 5.91 Å². The van der Waals surface area contributed by atoms with Gasteiger partial charge in [-0.25, -0.2) is 0 Å². The third kappa shape index (κ3) is 8.28. The monoisotopic (exact) mass is 613 g/mol. The molecule has 0 spiro atoms. The van der Waals surface area contributed by atoms with Crippen molar-refractivity contribution in [1.29, 1.82) is 0 Å². The van der Waals surface area contributed by atoms with Crippen LogP contribution < -0.4 is 20.1 Å². The third-order valence-corrected chi connectivity index (χ3v) is 7.08. The Kier molecular flexibility index (Phi) is 10.7. The highest BCUT2D eigenvalue weighted by atomic mass is 32.2. The van der Waals surface area contributed by atoms with Crippen molar-refractivity contribution in [3.05, 3.63) is 89.7 Å². The Morgan fingerprint density at radius 2 is 1.70 bits per heavy atom. The molecular weight excluding hydrogens is 583 g/mol. The Hall–Kier alpha value is -4.52. The Bertz CT molecular complexity index is 1540. The molecule has 0 aliphatic carbocycles. The molecule has 4 rings (SSSR count). The molecule has 2 amide bonds. The normalized spacial score (nSPS) is 11.2. The predicted octanol–water partition coefficient (Wildman–Crippen LogP) is 6.13. The van der Waals surface area contributed by atoms with Gasteiger partial charge in [0.2, 0.25) is 5.91 Å². The van der Waals surface area contributed by atoms with Gasteiger partial charge in [0, 0.05) is 5.56 Å². The Morgan fingerprint density at radius 1 is 0.977 bits per heavy atom. The molecule has 0 aliphatic heterocycles. The quantitative estimate of drug-likeness (QED) is 0.138. The maximum atomic E-state index is 13.4. The number of methoxy groups -OCH3 is 1. The molecule has 0 saturated heterocycles. The van der Waals surface area contributed by atoms with Crippen molar-refractivity contribution in [2.75, 3.05) is 24.8 Å². The smallest absolute Gasteiger partial charge is 0.418 e. The van der Waals surface area contributed by atoms with Crippen LogP contribution in [-0.2, 0) is 17.5 Å². The number of benzene rings is 3. The number of unbranched alkanes of at least 4 members (excludes halogenated alkanes) is 1. The van der Waals surface area contributed by atoms with Crippen molar-refractivity contribution in [3.63, 3.8) is 0 Å². The van der Waals surface area contributed by atoms with Gasteiger partial charge in [-0.05, 0) is 55.0 Å². The van der Waals surface area contributed by atoms with Gasteiger partial charge in [0.15, 0.2) is 11.0 Å². The van der Waals surface area contributed by atoms with Crippen LogP contribution >= 0.6 is 11.8 Å². The summed E-state index contributed by atoms with van der Waals surface area (Å²) in [6.07, 6.45) is -2.67. The average molecular weight is 614 g/mol. The number of ether oxygens (including phenoxy) is 2. The number of carbonyl (C=O) groups is 2. The number of aromatic nitrogens is 3. The molecule has 0 saturated carbocycles. The van der Waals surface area contributed by atoms with Gasteiger partial charge in [-0.1, -0.05) is 49.4 Å². The molecule has 13 heteroatoms. The number of para-hydroxylation sites is 3. The first-order valence-corrected chi connectivity index (χ1v) is 14.4. The van der Waals surface area contributed by atoms with E-state index < -0.39 is 17.6 Å². The molecule has 2 N–H and O–H groups in total. The molecule has 9 nitrogen and oxygen atoms in total. The number of thioether (sulfide) groups is 1. The lowest BCUT2D eigenvalue weighted by atomic mass is 10.1. The van der Waals surface area contributed by atoms with Crippen LogP contribution in [0.2, 0.25) is 0 Å². The number of hydrogen-bond donors (Lipinski definition) is 2. The summed E-state index contributed by atoms with van der Waals surface area (Å²) in [4.78, 5) is 25.5. The van der Waals surface area contributed by atoms with E-state index in [1.807, 2.05) is 0 Å². The lowest BCUT2D eigenvalue weighted by Gasteiger charge is -2.15. The van der Waals surface area contributed by atoms with Crippen LogP contribution in [0.25, 0.3) is 5.69 Å². The summed E-state index contributed by atoms with van der Waals surface area (Å²) in [6, 6.07) is 18.6. The summed E-state index contributed by atoms with van der Waals surface area (Å²) >= 11 is 0.977. The van der Waals surface area contributed by atoms with Gasteiger partial charge in [-0.2, -0.15) is 13.2 Å². The molecule has 4 aromatic rings. The van der Waals surface area contributed by atoms with Crippen molar-refractivity contribution >= 4 is 29.3 Å². The largest absolute Gasteiger partial charge is 0.495 e. The minimum Gasteiger partial charge on any atom is -0.495 e. The number of rotatable bonds is 13. The Balaban J connectivity index is 1.49. The fourth-order valence-electron chi connectivity index (χ4n) is 4.02. The highest BCUT2D eigenvalue weighted by Crippen LogP contribution is 2.35. The van der Waals surface area contributed by atoms with Gasteiger partial charge in [-0.15, -0.1) is 10.2 Å². The molecular formula is C30H30F3N5O4S. The fraction of sp³-hybridized carbons (Fsp3) is 0.267. The summed E-state index contributed by atoms with van der Waals surface area (Å²) in [5.41, 5.74) is -0.298. The topological polar surface area (TPSA) is 107 Å².